The molecule has 0 amide bonds. The lowest BCUT2D eigenvalue weighted by atomic mass is 9.76. The van der Waals surface area contributed by atoms with Gasteiger partial charge in [-0.3, -0.25) is 0 Å². The SMILES string of the molecule is C=CN/C=C(C)\C=C(/CC)C(CN)CCC1CCC(c2ccccc2)CC1. The van der Waals surface area contributed by atoms with E-state index in [0.717, 1.165) is 24.8 Å². The third kappa shape index (κ3) is 7.03. The summed E-state index contributed by atoms with van der Waals surface area (Å²) in [6.45, 7) is 8.82. The van der Waals surface area contributed by atoms with Gasteiger partial charge in [0.25, 0.3) is 0 Å². The van der Waals surface area contributed by atoms with Crippen molar-refractivity contribution in [3.05, 3.63) is 72.1 Å². The summed E-state index contributed by atoms with van der Waals surface area (Å²) in [5.74, 6) is 2.15. The number of nitrogens with two attached hydrogens (primary N) is 1. The molecule has 0 radical (unpaired) electrons. The minimum Gasteiger partial charge on any atom is -0.368 e. The lowest BCUT2D eigenvalue weighted by molar-refractivity contribution is 0.293. The van der Waals surface area contributed by atoms with Gasteiger partial charge < -0.3 is 11.1 Å². The predicted octanol–water partition coefficient (Wildman–Crippen LogP) is 6.29. The van der Waals surface area contributed by atoms with Crippen LogP contribution in [0.1, 0.15) is 70.3 Å². The largest absolute Gasteiger partial charge is 0.368 e. The van der Waals surface area contributed by atoms with Crippen molar-refractivity contribution in [3.8, 4) is 0 Å². The van der Waals surface area contributed by atoms with E-state index in [2.05, 4.69) is 62.2 Å². The highest BCUT2D eigenvalue weighted by molar-refractivity contribution is 5.23. The summed E-state index contributed by atoms with van der Waals surface area (Å²) >= 11 is 0. The van der Waals surface area contributed by atoms with Crippen LogP contribution in [0, 0.1) is 11.8 Å². The van der Waals surface area contributed by atoms with Crippen LogP contribution < -0.4 is 11.1 Å². The van der Waals surface area contributed by atoms with E-state index >= 15 is 0 Å². The van der Waals surface area contributed by atoms with Crippen LogP contribution in [0.2, 0.25) is 0 Å². The van der Waals surface area contributed by atoms with Gasteiger partial charge in [-0.2, -0.15) is 0 Å². The van der Waals surface area contributed by atoms with E-state index in [4.69, 9.17) is 5.73 Å². The summed E-state index contributed by atoms with van der Waals surface area (Å²) in [4.78, 5) is 0. The molecule has 2 nitrogen and oxygen atoms in total. The monoisotopic (exact) mass is 366 g/mol. The Kier molecular flexibility index (Phi) is 9.41. The molecular weight excluding hydrogens is 328 g/mol. The van der Waals surface area contributed by atoms with Gasteiger partial charge in [0, 0.05) is 6.20 Å². The molecule has 0 aromatic heterocycles. The molecule has 0 heterocycles. The second-order valence-corrected chi connectivity index (χ2v) is 7.97. The normalized spacial score (nSPS) is 22.3. The molecule has 1 saturated carbocycles. The first-order valence-corrected chi connectivity index (χ1v) is 10.7. The summed E-state index contributed by atoms with van der Waals surface area (Å²) in [5.41, 5.74) is 10.4. The average molecular weight is 367 g/mol. The van der Waals surface area contributed by atoms with Gasteiger partial charge in [0.15, 0.2) is 0 Å². The fraction of sp³-hybridized carbons (Fsp3) is 0.520. The average Bonchev–Trinajstić information content (AvgIpc) is 2.72. The highest BCUT2D eigenvalue weighted by Crippen LogP contribution is 2.38. The first kappa shape index (κ1) is 21.5. The van der Waals surface area contributed by atoms with Gasteiger partial charge in [-0.05, 0) is 93.5 Å². The smallest absolute Gasteiger partial charge is 0.00337 e. The Morgan fingerprint density at radius 2 is 1.93 bits per heavy atom. The topological polar surface area (TPSA) is 38.0 Å². The number of allylic oxidation sites excluding steroid dienone is 2. The zero-order valence-electron chi connectivity index (χ0n) is 17.3. The first-order valence-electron chi connectivity index (χ1n) is 10.7. The fourth-order valence-electron chi connectivity index (χ4n) is 4.43. The number of rotatable bonds is 10. The fourth-order valence-corrected chi connectivity index (χ4v) is 4.43. The molecule has 1 atom stereocenters. The Bertz CT molecular complexity index is 606. The molecule has 1 aliphatic rings. The second kappa shape index (κ2) is 11.8. The summed E-state index contributed by atoms with van der Waals surface area (Å²) in [6.07, 6.45) is 15.0. The molecule has 1 aromatic rings. The Balaban J connectivity index is 1.85. The van der Waals surface area contributed by atoms with Crippen LogP contribution in [0.15, 0.2) is 66.5 Å². The molecule has 148 valence electrons. The van der Waals surface area contributed by atoms with Gasteiger partial charge in [-0.15, -0.1) is 0 Å². The van der Waals surface area contributed by atoms with Crippen LogP contribution in [0.3, 0.4) is 0 Å². The van der Waals surface area contributed by atoms with Crippen LogP contribution in [0.25, 0.3) is 0 Å². The Morgan fingerprint density at radius 1 is 1.22 bits per heavy atom. The Morgan fingerprint density at radius 3 is 2.52 bits per heavy atom. The van der Waals surface area contributed by atoms with E-state index in [1.807, 2.05) is 6.20 Å². The van der Waals surface area contributed by atoms with Crippen molar-refractivity contribution in [3.63, 3.8) is 0 Å². The quantitative estimate of drug-likeness (QED) is 0.478. The maximum absolute atomic E-state index is 6.15. The van der Waals surface area contributed by atoms with Crippen molar-refractivity contribution < 1.29 is 0 Å². The highest BCUT2D eigenvalue weighted by Gasteiger charge is 2.23. The van der Waals surface area contributed by atoms with E-state index in [9.17, 15) is 0 Å². The molecule has 1 unspecified atom stereocenters. The predicted molar refractivity (Wildman–Crippen MR) is 118 cm³/mol. The van der Waals surface area contributed by atoms with Crippen molar-refractivity contribution in [1.29, 1.82) is 0 Å². The minimum absolute atomic E-state index is 0.508. The third-order valence-corrected chi connectivity index (χ3v) is 6.10. The molecule has 0 bridgehead atoms. The zero-order valence-corrected chi connectivity index (χ0v) is 17.3. The van der Waals surface area contributed by atoms with E-state index in [1.54, 1.807) is 6.20 Å². The van der Waals surface area contributed by atoms with Gasteiger partial charge in [-0.1, -0.05) is 55.5 Å². The number of benzene rings is 1. The van der Waals surface area contributed by atoms with Crippen molar-refractivity contribution in [2.24, 2.45) is 17.6 Å². The van der Waals surface area contributed by atoms with Crippen LogP contribution >= 0.6 is 0 Å². The molecule has 2 heteroatoms. The first-order chi connectivity index (χ1) is 13.2. The van der Waals surface area contributed by atoms with E-state index in [-0.39, 0.29) is 0 Å². The summed E-state index contributed by atoms with van der Waals surface area (Å²) in [7, 11) is 0. The molecule has 2 rings (SSSR count). The van der Waals surface area contributed by atoms with Gasteiger partial charge in [0.1, 0.15) is 0 Å². The molecule has 27 heavy (non-hydrogen) atoms. The van der Waals surface area contributed by atoms with Crippen LogP contribution in [-0.4, -0.2) is 6.54 Å². The maximum atomic E-state index is 6.15. The molecule has 0 aliphatic heterocycles. The lowest BCUT2D eigenvalue weighted by Gasteiger charge is -2.30. The summed E-state index contributed by atoms with van der Waals surface area (Å²) in [5, 5.41) is 3.06. The molecule has 3 N–H and O–H groups in total. The van der Waals surface area contributed by atoms with Gasteiger partial charge in [-0.25, -0.2) is 0 Å². The minimum atomic E-state index is 0.508. The second-order valence-electron chi connectivity index (χ2n) is 7.97. The zero-order chi connectivity index (χ0) is 19.5. The maximum Gasteiger partial charge on any atom is 0.00337 e. The van der Waals surface area contributed by atoms with Gasteiger partial charge in [0.05, 0.1) is 0 Å². The van der Waals surface area contributed by atoms with Gasteiger partial charge >= 0.3 is 0 Å². The molecule has 1 aliphatic carbocycles. The van der Waals surface area contributed by atoms with Crippen LogP contribution in [0.4, 0.5) is 0 Å². The highest BCUT2D eigenvalue weighted by atomic mass is 14.8. The van der Waals surface area contributed by atoms with Crippen molar-refractivity contribution in [1.82, 2.24) is 5.32 Å². The van der Waals surface area contributed by atoms with Crippen LogP contribution in [-0.2, 0) is 0 Å². The molecule has 1 fully saturated rings. The summed E-state index contributed by atoms with van der Waals surface area (Å²) in [6, 6.07) is 11.1. The third-order valence-electron chi connectivity index (χ3n) is 6.10. The standard InChI is InChI=1S/C25H38N2/c1-4-22(17-20(3)19-27-5-2)25(18-26)16-13-21-11-14-24(15-12-21)23-9-7-6-8-10-23/h5-10,17,19,21,24-25,27H,2,4,11-16,18,26H2,1,3H3/b20-19-,22-17+. The van der Waals surface area contributed by atoms with Crippen molar-refractivity contribution in [2.75, 3.05) is 6.54 Å². The van der Waals surface area contributed by atoms with E-state index < -0.39 is 0 Å². The van der Waals surface area contributed by atoms with Crippen LogP contribution in [0.5, 0.6) is 0 Å². The number of hydrogen-bond acceptors (Lipinski definition) is 2. The molecular formula is C25H38N2. The Hall–Kier alpha value is -1.80. The van der Waals surface area contributed by atoms with Crippen molar-refractivity contribution in [2.45, 2.75) is 64.7 Å². The van der Waals surface area contributed by atoms with Gasteiger partial charge in [0.2, 0.25) is 0 Å². The number of nitrogens with one attached hydrogen (secondary N) is 1. The lowest BCUT2D eigenvalue weighted by Crippen LogP contribution is -2.20. The molecule has 1 aromatic carbocycles. The van der Waals surface area contributed by atoms with Crippen molar-refractivity contribution >= 4 is 0 Å². The van der Waals surface area contributed by atoms with E-state index in [0.29, 0.717) is 5.92 Å². The molecule has 0 spiro atoms. The Labute approximate surface area is 166 Å². The summed E-state index contributed by atoms with van der Waals surface area (Å²) < 4.78 is 0. The van der Waals surface area contributed by atoms with E-state index in [1.165, 1.54) is 55.2 Å². The number of hydrogen-bond donors (Lipinski definition) is 2. The molecule has 0 saturated heterocycles.